The number of nitrogens with one attached hydrogen (secondary N) is 2. The first-order chi connectivity index (χ1) is 12.0. The summed E-state index contributed by atoms with van der Waals surface area (Å²) in [5.74, 6) is 2.18. The summed E-state index contributed by atoms with van der Waals surface area (Å²) in [6.45, 7) is 10.5. The Kier molecular flexibility index (Phi) is 9.93. The molecule has 0 radical (unpaired) electrons. The van der Waals surface area contributed by atoms with Gasteiger partial charge in [0.05, 0.1) is 18.8 Å². The van der Waals surface area contributed by atoms with Gasteiger partial charge in [0.15, 0.2) is 5.96 Å². The van der Waals surface area contributed by atoms with Crippen molar-refractivity contribution < 1.29 is 4.74 Å². The minimum atomic E-state index is 0. The first kappa shape index (κ1) is 22.7. The molecule has 1 aromatic heterocycles. The lowest BCUT2D eigenvalue weighted by molar-refractivity contribution is 0.338. The van der Waals surface area contributed by atoms with Crippen LogP contribution >= 0.6 is 35.3 Å². The number of aliphatic imine (C=N–C) groups is 1. The third kappa shape index (κ3) is 6.75. The molecule has 144 valence electrons. The van der Waals surface area contributed by atoms with Gasteiger partial charge < -0.3 is 15.4 Å². The summed E-state index contributed by atoms with van der Waals surface area (Å²) in [6.07, 6.45) is 0. The number of nitrogens with zero attached hydrogens (tertiary/aromatic N) is 2. The lowest BCUT2D eigenvalue weighted by Crippen LogP contribution is -2.36. The van der Waals surface area contributed by atoms with Crippen LogP contribution in [-0.2, 0) is 13.1 Å². The van der Waals surface area contributed by atoms with Gasteiger partial charge in [-0.2, -0.15) is 0 Å². The number of hydrogen-bond donors (Lipinski definition) is 2. The number of halogens is 1. The number of benzene rings is 1. The highest BCUT2D eigenvalue weighted by molar-refractivity contribution is 14.0. The molecule has 0 spiro atoms. The molecule has 0 saturated carbocycles. The molecule has 2 rings (SSSR count). The summed E-state index contributed by atoms with van der Waals surface area (Å²) in [5, 5.41) is 9.85. The molecule has 26 heavy (non-hydrogen) atoms. The molecule has 0 unspecified atom stereocenters. The van der Waals surface area contributed by atoms with E-state index < -0.39 is 0 Å². The molecule has 5 nitrogen and oxygen atoms in total. The highest BCUT2D eigenvalue weighted by atomic mass is 127. The van der Waals surface area contributed by atoms with E-state index in [0.29, 0.717) is 25.6 Å². The second-order valence-corrected chi connectivity index (χ2v) is 7.08. The largest absolute Gasteiger partial charge is 0.494 e. The Hall–Kier alpha value is -1.35. The monoisotopic (exact) mass is 488 g/mol. The number of aryl methyl sites for hydroxylation is 1. The smallest absolute Gasteiger partial charge is 0.191 e. The Morgan fingerprint density at radius 1 is 1.27 bits per heavy atom. The van der Waals surface area contributed by atoms with Gasteiger partial charge in [-0.15, -0.1) is 35.3 Å². The van der Waals surface area contributed by atoms with Gasteiger partial charge in [-0.3, -0.25) is 4.99 Å². The second-order valence-electron chi connectivity index (χ2n) is 6.13. The van der Waals surface area contributed by atoms with E-state index in [-0.39, 0.29) is 24.0 Å². The molecule has 0 aliphatic carbocycles. The summed E-state index contributed by atoms with van der Waals surface area (Å²) >= 11 is 1.68. The van der Waals surface area contributed by atoms with Gasteiger partial charge in [0.25, 0.3) is 0 Å². The molecule has 2 aromatic rings. The third-order valence-corrected chi connectivity index (χ3v) is 4.66. The van der Waals surface area contributed by atoms with E-state index in [1.807, 2.05) is 13.0 Å². The predicted molar refractivity (Wildman–Crippen MR) is 121 cm³/mol. The van der Waals surface area contributed by atoms with Crippen LogP contribution in [-0.4, -0.2) is 24.6 Å². The quantitative estimate of drug-likeness (QED) is 0.344. The van der Waals surface area contributed by atoms with Crippen molar-refractivity contribution in [2.75, 3.05) is 13.7 Å². The minimum absolute atomic E-state index is 0. The van der Waals surface area contributed by atoms with Crippen molar-refractivity contribution in [2.24, 2.45) is 4.99 Å². The molecule has 1 heterocycles. The van der Waals surface area contributed by atoms with Gasteiger partial charge in [0.2, 0.25) is 0 Å². The van der Waals surface area contributed by atoms with Crippen LogP contribution in [0.5, 0.6) is 5.75 Å². The molecule has 0 amide bonds. The highest BCUT2D eigenvalue weighted by Gasteiger charge is 2.07. The Labute approximate surface area is 177 Å². The highest BCUT2D eigenvalue weighted by Crippen LogP contribution is 2.19. The van der Waals surface area contributed by atoms with E-state index in [9.17, 15) is 0 Å². The van der Waals surface area contributed by atoms with Crippen LogP contribution in [0, 0.1) is 6.92 Å². The molecule has 0 aliphatic heterocycles. The maximum Gasteiger partial charge on any atom is 0.191 e. The van der Waals surface area contributed by atoms with Gasteiger partial charge in [0.1, 0.15) is 10.8 Å². The summed E-state index contributed by atoms with van der Waals surface area (Å²) in [5.41, 5.74) is 3.49. The van der Waals surface area contributed by atoms with Crippen LogP contribution in [0.15, 0.2) is 28.6 Å². The van der Waals surface area contributed by atoms with Crippen LogP contribution < -0.4 is 15.4 Å². The average Bonchev–Trinajstić information content (AvgIpc) is 3.07. The van der Waals surface area contributed by atoms with E-state index in [0.717, 1.165) is 28.0 Å². The molecular formula is C19H29IN4OS. The fourth-order valence-electron chi connectivity index (χ4n) is 2.38. The van der Waals surface area contributed by atoms with Crippen molar-refractivity contribution in [3.63, 3.8) is 0 Å². The summed E-state index contributed by atoms with van der Waals surface area (Å²) < 4.78 is 5.58. The normalized spacial score (nSPS) is 11.2. The van der Waals surface area contributed by atoms with Gasteiger partial charge in [0, 0.05) is 19.0 Å². The molecule has 0 saturated heterocycles. The summed E-state index contributed by atoms with van der Waals surface area (Å²) in [6, 6.07) is 6.24. The zero-order valence-corrected chi connectivity index (χ0v) is 19.3. The Morgan fingerprint density at radius 2 is 2.00 bits per heavy atom. The van der Waals surface area contributed by atoms with E-state index in [1.54, 1.807) is 18.4 Å². The lowest BCUT2D eigenvalue weighted by Gasteiger charge is -2.13. The third-order valence-electron chi connectivity index (χ3n) is 3.79. The minimum Gasteiger partial charge on any atom is -0.494 e. The van der Waals surface area contributed by atoms with Crippen molar-refractivity contribution in [3.05, 3.63) is 45.4 Å². The molecule has 0 bridgehead atoms. The molecule has 0 fully saturated rings. The van der Waals surface area contributed by atoms with E-state index in [2.05, 4.69) is 58.9 Å². The second kappa shape index (κ2) is 11.4. The van der Waals surface area contributed by atoms with Crippen LogP contribution in [0.25, 0.3) is 0 Å². The van der Waals surface area contributed by atoms with Gasteiger partial charge >= 0.3 is 0 Å². The predicted octanol–water partition coefficient (Wildman–Crippen LogP) is 4.46. The fourth-order valence-corrected chi connectivity index (χ4v) is 3.27. The zero-order valence-electron chi connectivity index (χ0n) is 16.1. The lowest BCUT2D eigenvalue weighted by atomic mass is 10.1. The van der Waals surface area contributed by atoms with Crippen molar-refractivity contribution in [3.8, 4) is 5.75 Å². The molecule has 1 aromatic carbocycles. The van der Waals surface area contributed by atoms with E-state index in [4.69, 9.17) is 4.74 Å². The number of aromatic nitrogens is 1. The van der Waals surface area contributed by atoms with Gasteiger partial charge in [-0.25, -0.2) is 4.98 Å². The molecule has 0 aliphatic rings. The Morgan fingerprint density at radius 3 is 2.58 bits per heavy atom. The van der Waals surface area contributed by atoms with Gasteiger partial charge in [-0.05, 0) is 37.0 Å². The number of rotatable bonds is 7. The summed E-state index contributed by atoms with van der Waals surface area (Å²) in [7, 11) is 1.78. The summed E-state index contributed by atoms with van der Waals surface area (Å²) in [4.78, 5) is 8.91. The number of ether oxygens (including phenoxy) is 1. The van der Waals surface area contributed by atoms with Crippen LogP contribution in [0.3, 0.4) is 0 Å². The first-order valence-corrected chi connectivity index (χ1v) is 9.52. The standard InChI is InChI=1S/C19H28N4OS.HI/c1-6-24-17-8-7-15(9-14(17)4)10-21-19(20-5)22-11-18-23-16(12-25-18)13(2)3;/h7-9,12-13H,6,10-11H2,1-5H3,(H2,20,21,22);1H. The van der Waals surface area contributed by atoms with Crippen LogP contribution in [0.1, 0.15) is 48.5 Å². The van der Waals surface area contributed by atoms with Crippen molar-refractivity contribution in [2.45, 2.75) is 46.7 Å². The van der Waals surface area contributed by atoms with Crippen molar-refractivity contribution >= 4 is 41.3 Å². The first-order valence-electron chi connectivity index (χ1n) is 8.64. The van der Waals surface area contributed by atoms with Crippen LogP contribution in [0.2, 0.25) is 0 Å². The molecule has 7 heteroatoms. The maximum atomic E-state index is 5.58. The fraction of sp³-hybridized carbons (Fsp3) is 0.474. The Bertz CT molecular complexity index is 715. The van der Waals surface area contributed by atoms with Crippen LogP contribution in [0.4, 0.5) is 0 Å². The van der Waals surface area contributed by atoms with Gasteiger partial charge in [-0.1, -0.05) is 26.0 Å². The SMILES string of the molecule is CCOc1ccc(CNC(=NC)NCc2nc(C(C)C)cs2)cc1C.I. The van der Waals surface area contributed by atoms with Crippen molar-refractivity contribution in [1.82, 2.24) is 15.6 Å². The van der Waals surface area contributed by atoms with E-state index in [1.165, 1.54) is 5.56 Å². The zero-order chi connectivity index (χ0) is 18.2. The number of thiazole rings is 1. The number of hydrogen-bond acceptors (Lipinski definition) is 4. The maximum absolute atomic E-state index is 5.58. The molecule has 0 atom stereocenters. The molecular weight excluding hydrogens is 459 g/mol. The topological polar surface area (TPSA) is 58.5 Å². The number of guanidine groups is 1. The van der Waals surface area contributed by atoms with E-state index >= 15 is 0 Å². The Balaban J connectivity index is 0.00000338. The average molecular weight is 488 g/mol. The van der Waals surface area contributed by atoms with Crippen molar-refractivity contribution in [1.29, 1.82) is 0 Å². The molecule has 2 N–H and O–H groups in total.